The first-order valence-corrected chi connectivity index (χ1v) is 15.8. The van der Waals surface area contributed by atoms with Crippen molar-refractivity contribution in [3.8, 4) is 16.9 Å². The van der Waals surface area contributed by atoms with Crippen LogP contribution in [0.4, 0.5) is 20.5 Å². The minimum atomic E-state index is -0.813. The summed E-state index contributed by atoms with van der Waals surface area (Å²) in [5, 5.41) is 10.9. The number of hydrogen-bond donors (Lipinski definition) is 1. The summed E-state index contributed by atoms with van der Waals surface area (Å²) in [4.78, 5) is 30.9. The van der Waals surface area contributed by atoms with Gasteiger partial charge in [0.2, 0.25) is 11.9 Å². The van der Waals surface area contributed by atoms with Crippen LogP contribution in [0.2, 0.25) is 5.02 Å². The molecule has 4 fully saturated rings. The third kappa shape index (κ3) is 4.86. The molecule has 3 saturated heterocycles. The third-order valence-electron chi connectivity index (χ3n) is 9.90. The van der Waals surface area contributed by atoms with Crippen LogP contribution in [-0.4, -0.2) is 88.2 Å². The van der Waals surface area contributed by atoms with Crippen molar-refractivity contribution in [2.75, 3.05) is 49.1 Å². The van der Waals surface area contributed by atoms with Gasteiger partial charge in [-0.05, 0) is 70.4 Å². The maximum Gasteiger partial charge on any atom is 0.246 e. The predicted octanol–water partition coefficient (Wildman–Crippen LogP) is 5.61. The first-order chi connectivity index (χ1) is 21.1. The number of hydrogen-bond acceptors (Lipinski definition) is 7. The van der Waals surface area contributed by atoms with Crippen molar-refractivity contribution in [3.63, 3.8) is 0 Å². The molecule has 1 aliphatic carbocycles. The molecule has 2 atom stereocenters. The van der Waals surface area contributed by atoms with Gasteiger partial charge in [-0.25, -0.2) is 13.8 Å². The van der Waals surface area contributed by atoms with Gasteiger partial charge in [0.15, 0.2) is 5.82 Å². The van der Waals surface area contributed by atoms with Crippen LogP contribution in [0.1, 0.15) is 39.5 Å². The maximum atomic E-state index is 16.6. The number of aromatic nitrogens is 2. The summed E-state index contributed by atoms with van der Waals surface area (Å²) in [6, 6.07) is 5.80. The molecule has 232 valence electrons. The maximum absolute atomic E-state index is 16.6. The average molecular weight is 623 g/mol. The molecular formula is C33H37ClF2N6O2. The van der Waals surface area contributed by atoms with Crippen LogP contribution in [0.3, 0.4) is 0 Å². The number of fused-ring (bicyclic) bond motifs is 1. The molecule has 0 unspecified atom stereocenters. The Bertz CT molecular complexity index is 1640. The van der Waals surface area contributed by atoms with Crippen molar-refractivity contribution in [1.82, 2.24) is 19.8 Å². The van der Waals surface area contributed by atoms with E-state index in [2.05, 4.69) is 21.3 Å². The number of halogens is 3. The number of aromatic hydroxyl groups is 1. The number of nitrogens with zero attached hydrogens (tertiary/aromatic N) is 6. The second-order valence-corrected chi connectivity index (χ2v) is 13.5. The molecule has 1 spiro atoms. The van der Waals surface area contributed by atoms with Crippen molar-refractivity contribution in [1.29, 1.82) is 0 Å². The van der Waals surface area contributed by atoms with Crippen molar-refractivity contribution in [2.45, 2.75) is 57.7 Å². The molecule has 3 aromatic rings. The summed E-state index contributed by atoms with van der Waals surface area (Å²) < 4.78 is 31.6. The Morgan fingerprint density at radius 1 is 1.11 bits per heavy atom. The summed E-state index contributed by atoms with van der Waals surface area (Å²) in [5.41, 5.74) is -0.357. The van der Waals surface area contributed by atoms with E-state index < -0.39 is 17.4 Å². The Labute approximate surface area is 260 Å². The molecule has 0 bridgehead atoms. The third-order valence-corrected chi connectivity index (χ3v) is 10.2. The lowest BCUT2D eigenvalue weighted by atomic mass is 9.73. The lowest BCUT2D eigenvalue weighted by Gasteiger charge is -2.55. The number of piperidine rings is 1. The van der Waals surface area contributed by atoms with Crippen molar-refractivity contribution in [2.24, 2.45) is 5.41 Å². The SMILES string of the molecule is C=CC(=O)N1C[C@H](C)N(c2nc(N3CC4(CCCN(C5CC5)C4)C3)nc3c(F)c(-c4c(O)cccc4F)c(Cl)cc23)C[C@H]1C. The Balaban J connectivity index is 1.32. The number of carbonyl (C=O) groups is 1. The molecule has 8 nitrogen and oxygen atoms in total. The Kier molecular flexibility index (Phi) is 7.20. The molecule has 11 heteroatoms. The zero-order valence-electron chi connectivity index (χ0n) is 25.1. The van der Waals surface area contributed by atoms with Gasteiger partial charge in [-0.2, -0.15) is 4.98 Å². The zero-order chi connectivity index (χ0) is 30.9. The standard InChI is InChI=1S/C33H37ClF2N6O2/c1-4-26(44)41-14-20(3)42(15-19(41)2)31-22-13-23(34)27(28-24(35)7-5-8-25(28)43)29(36)30(22)37-32(38-31)40-17-33(18-40)11-6-12-39(16-33)21-9-10-21/h4-5,7-8,13,19-21,43H,1,6,9-12,14-18H2,2-3H3/t19-,20+/m1/s1. The molecule has 1 N–H and O–H groups in total. The van der Waals surface area contributed by atoms with Gasteiger partial charge in [0, 0.05) is 67.2 Å². The molecule has 1 amide bonds. The highest BCUT2D eigenvalue weighted by atomic mass is 35.5. The lowest BCUT2D eigenvalue weighted by Crippen LogP contribution is -2.63. The van der Waals surface area contributed by atoms with Crippen molar-refractivity contribution < 1.29 is 18.7 Å². The van der Waals surface area contributed by atoms with Gasteiger partial charge in [-0.1, -0.05) is 24.2 Å². The van der Waals surface area contributed by atoms with Crippen molar-refractivity contribution >= 4 is 40.2 Å². The fourth-order valence-corrected chi connectivity index (χ4v) is 7.81. The molecular weight excluding hydrogens is 586 g/mol. The molecule has 1 saturated carbocycles. The van der Waals surface area contributed by atoms with E-state index >= 15 is 4.39 Å². The molecule has 4 heterocycles. The number of anilines is 2. The molecule has 2 aromatic carbocycles. The summed E-state index contributed by atoms with van der Waals surface area (Å²) in [5.74, 6) is -1.22. The van der Waals surface area contributed by atoms with E-state index in [9.17, 15) is 14.3 Å². The molecule has 1 aromatic heterocycles. The molecule has 7 rings (SSSR count). The average Bonchev–Trinajstić information content (AvgIpc) is 3.84. The van der Waals surface area contributed by atoms with Crippen LogP contribution in [0.25, 0.3) is 22.0 Å². The topological polar surface area (TPSA) is 76.0 Å². The molecule has 44 heavy (non-hydrogen) atoms. The van der Waals surface area contributed by atoms with Gasteiger partial charge in [-0.3, -0.25) is 9.69 Å². The number of rotatable bonds is 5. The first-order valence-electron chi connectivity index (χ1n) is 15.5. The summed E-state index contributed by atoms with van der Waals surface area (Å²) >= 11 is 6.66. The number of phenols is 1. The van der Waals surface area contributed by atoms with Crippen LogP contribution < -0.4 is 9.80 Å². The van der Waals surface area contributed by atoms with Crippen LogP contribution in [-0.2, 0) is 4.79 Å². The number of amides is 1. The summed E-state index contributed by atoms with van der Waals surface area (Å²) in [7, 11) is 0. The van der Waals surface area contributed by atoms with Gasteiger partial charge in [0.1, 0.15) is 22.9 Å². The fourth-order valence-electron chi connectivity index (χ4n) is 7.52. The number of carbonyl (C=O) groups excluding carboxylic acids is 1. The van der Waals surface area contributed by atoms with E-state index in [1.807, 2.05) is 13.8 Å². The second kappa shape index (κ2) is 10.8. The fraction of sp³-hybridized carbons (Fsp3) is 0.485. The van der Waals surface area contributed by atoms with Gasteiger partial charge in [-0.15, -0.1) is 0 Å². The number of likely N-dealkylation sites (tertiary alicyclic amines) is 1. The molecule has 0 radical (unpaired) electrons. The number of piperazine rings is 1. The number of phenolic OH excluding ortho intramolecular Hbond substituents is 1. The van der Waals surface area contributed by atoms with Gasteiger partial charge in [0.25, 0.3) is 0 Å². The largest absolute Gasteiger partial charge is 0.507 e. The predicted molar refractivity (Wildman–Crippen MR) is 168 cm³/mol. The van der Waals surface area contributed by atoms with E-state index in [1.165, 1.54) is 37.5 Å². The van der Waals surface area contributed by atoms with E-state index in [0.717, 1.165) is 38.7 Å². The first kappa shape index (κ1) is 29.2. The monoisotopic (exact) mass is 622 g/mol. The normalized spacial score (nSPS) is 23.7. The van der Waals surface area contributed by atoms with E-state index in [0.29, 0.717) is 36.3 Å². The van der Waals surface area contributed by atoms with E-state index in [1.54, 1.807) is 11.0 Å². The van der Waals surface area contributed by atoms with Gasteiger partial charge >= 0.3 is 0 Å². The van der Waals surface area contributed by atoms with E-state index in [4.69, 9.17) is 21.6 Å². The highest BCUT2D eigenvalue weighted by molar-refractivity contribution is 6.34. The van der Waals surface area contributed by atoms with Crippen LogP contribution in [0.5, 0.6) is 5.75 Å². The number of benzene rings is 2. The van der Waals surface area contributed by atoms with Gasteiger partial charge < -0.3 is 19.8 Å². The summed E-state index contributed by atoms with van der Waals surface area (Å²) in [6.07, 6.45) is 6.19. The Morgan fingerprint density at radius 2 is 1.89 bits per heavy atom. The van der Waals surface area contributed by atoms with Crippen molar-refractivity contribution in [3.05, 3.63) is 53.6 Å². The zero-order valence-corrected chi connectivity index (χ0v) is 25.8. The molecule has 4 aliphatic rings. The summed E-state index contributed by atoms with van der Waals surface area (Å²) in [6.45, 7) is 12.3. The van der Waals surface area contributed by atoms with Crippen LogP contribution in [0.15, 0.2) is 36.9 Å². The quantitative estimate of drug-likeness (QED) is 0.371. The molecule has 3 aliphatic heterocycles. The highest BCUT2D eigenvalue weighted by Crippen LogP contribution is 2.46. The van der Waals surface area contributed by atoms with E-state index in [-0.39, 0.29) is 45.1 Å². The minimum Gasteiger partial charge on any atom is -0.507 e. The van der Waals surface area contributed by atoms with Crippen LogP contribution in [0, 0.1) is 17.0 Å². The smallest absolute Gasteiger partial charge is 0.246 e. The highest BCUT2D eigenvalue weighted by Gasteiger charge is 2.49. The Hall–Kier alpha value is -3.50. The minimum absolute atomic E-state index is 0.0145. The second-order valence-electron chi connectivity index (χ2n) is 13.1. The Morgan fingerprint density at radius 3 is 2.59 bits per heavy atom. The van der Waals surface area contributed by atoms with Crippen LogP contribution >= 0.6 is 11.6 Å². The lowest BCUT2D eigenvalue weighted by molar-refractivity contribution is -0.128. The van der Waals surface area contributed by atoms with Gasteiger partial charge in [0.05, 0.1) is 10.6 Å².